The number of nitrogens with zero attached hydrogens (tertiary/aromatic N) is 1. The molecule has 2 N–H and O–H groups in total. The van der Waals surface area contributed by atoms with E-state index in [4.69, 9.17) is 5.11 Å². The van der Waals surface area contributed by atoms with Gasteiger partial charge in [-0.05, 0) is 37.0 Å². The lowest BCUT2D eigenvalue weighted by Crippen LogP contribution is -2.44. The molecule has 0 aliphatic carbocycles. The molecule has 2 rings (SSSR count). The highest BCUT2D eigenvalue weighted by molar-refractivity contribution is 5.97. The molecular formula is C15H20N2O3. The van der Waals surface area contributed by atoms with Crippen molar-refractivity contribution < 1.29 is 14.7 Å². The van der Waals surface area contributed by atoms with Crippen LogP contribution in [0.15, 0.2) is 18.2 Å². The molecule has 108 valence electrons. The molecule has 5 nitrogen and oxygen atoms in total. The van der Waals surface area contributed by atoms with E-state index >= 15 is 0 Å². The molecule has 0 atom stereocenters. The summed E-state index contributed by atoms with van der Waals surface area (Å²) in [5, 5.41) is 12.0. The van der Waals surface area contributed by atoms with Gasteiger partial charge >= 0.3 is 12.0 Å². The molecule has 0 saturated carbocycles. The van der Waals surface area contributed by atoms with Gasteiger partial charge in [-0.1, -0.05) is 19.9 Å². The largest absolute Gasteiger partial charge is 0.478 e. The summed E-state index contributed by atoms with van der Waals surface area (Å²) in [6, 6.07) is 4.98. The molecule has 20 heavy (non-hydrogen) atoms. The lowest BCUT2D eigenvalue weighted by molar-refractivity contribution is 0.0697. The van der Waals surface area contributed by atoms with Gasteiger partial charge in [0.25, 0.3) is 0 Å². The van der Waals surface area contributed by atoms with E-state index in [2.05, 4.69) is 5.32 Å². The van der Waals surface area contributed by atoms with Crippen LogP contribution >= 0.6 is 0 Å². The van der Waals surface area contributed by atoms with E-state index in [1.54, 1.807) is 23.1 Å². The highest BCUT2D eigenvalue weighted by Gasteiger charge is 2.26. The van der Waals surface area contributed by atoms with Crippen molar-refractivity contribution in [3.05, 3.63) is 29.3 Å². The number of hydrogen-bond donors (Lipinski definition) is 2. The van der Waals surface area contributed by atoms with Crippen LogP contribution in [0.5, 0.6) is 0 Å². The lowest BCUT2D eigenvalue weighted by atomic mass is 10.1. The number of carboxylic acids is 1. The van der Waals surface area contributed by atoms with Gasteiger partial charge in [-0.3, -0.25) is 4.90 Å². The zero-order chi connectivity index (χ0) is 14.7. The van der Waals surface area contributed by atoms with Crippen LogP contribution in [0.3, 0.4) is 0 Å². The van der Waals surface area contributed by atoms with Crippen LogP contribution in [0.25, 0.3) is 0 Å². The average Bonchev–Trinajstić information content (AvgIpc) is 2.87. The van der Waals surface area contributed by atoms with Crippen molar-refractivity contribution in [2.75, 3.05) is 11.4 Å². The summed E-state index contributed by atoms with van der Waals surface area (Å²) < 4.78 is 0. The monoisotopic (exact) mass is 276 g/mol. The van der Waals surface area contributed by atoms with Gasteiger partial charge < -0.3 is 10.4 Å². The van der Waals surface area contributed by atoms with Gasteiger partial charge in [0.2, 0.25) is 0 Å². The molecular weight excluding hydrogens is 256 g/mol. The Morgan fingerprint density at radius 3 is 2.65 bits per heavy atom. The van der Waals surface area contributed by atoms with Gasteiger partial charge in [0.1, 0.15) is 0 Å². The van der Waals surface area contributed by atoms with Crippen molar-refractivity contribution in [3.63, 3.8) is 0 Å². The number of rotatable bonds is 4. The summed E-state index contributed by atoms with van der Waals surface area (Å²) in [7, 11) is 0. The summed E-state index contributed by atoms with van der Waals surface area (Å²) in [6.07, 6.45) is 2.54. The van der Waals surface area contributed by atoms with E-state index in [0.717, 1.165) is 24.8 Å². The molecule has 0 saturated heterocycles. The molecule has 0 aromatic heterocycles. The summed E-state index contributed by atoms with van der Waals surface area (Å²) in [6.45, 7) is 4.67. The maximum atomic E-state index is 12.3. The molecule has 1 aliphatic heterocycles. The van der Waals surface area contributed by atoms with Gasteiger partial charge in [-0.15, -0.1) is 0 Å². The molecule has 1 aliphatic rings. The van der Waals surface area contributed by atoms with Gasteiger partial charge in [0.05, 0.1) is 5.56 Å². The van der Waals surface area contributed by atoms with Crippen molar-refractivity contribution in [3.8, 4) is 0 Å². The number of benzene rings is 1. The van der Waals surface area contributed by atoms with Crippen LogP contribution in [-0.4, -0.2) is 29.7 Å². The lowest BCUT2D eigenvalue weighted by Gasteiger charge is -2.22. The molecule has 5 heteroatoms. The third-order valence-electron chi connectivity index (χ3n) is 3.79. The molecule has 1 aromatic rings. The predicted octanol–water partition coefficient (Wildman–Crippen LogP) is 2.65. The normalized spacial score (nSPS) is 13.4. The first-order valence-corrected chi connectivity index (χ1v) is 7.01. The number of urea groups is 1. The van der Waals surface area contributed by atoms with Crippen molar-refractivity contribution >= 4 is 17.7 Å². The van der Waals surface area contributed by atoms with Gasteiger partial charge in [-0.25, -0.2) is 9.59 Å². The quantitative estimate of drug-likeness (QED) is 0.888. The van der Waals surface area contributed by atoms with Crippen molar-refractivity contribution in [1.29, 1.82) is 0 Å². The van der Waals surface area contributed by atoms with Crippen molar-refractivity contribution in [2.24, 2.45) is 0 Å². The third kappa shape index (κ3) is 2.76. The smallest absolute Gasteiger partial charge is 0.335 e. The van der Waals surface area contributed by atoms with Gasteiger partial charge in [0, 0.05) is 18.3 Å². The van der Waals surface area contributed by atoms with Gasteiger partial charge in [-0.2, -0.15) is 0 Å². The van der Waals surface area contributed by atoms with Crippen molar-refractivity contribution in [2.45, 2.75) is 39.2 Å². The Bertz CT molecular complexity index is 524. The van der Waals surface area contributed by atoms with E-state index in [9.17, 15) is 9.59 Å². The molecule has 0 unspecified atom stereocenters. The maximum absolute atomic E-state index is 12.3. The molecule has 0 radical (unpaired) electrons. The van der Waals surface area contributed by atoms with E-state index < -0.39 is 5.97 Å². The van der Waals surface area contributed by atoms with E-state index in [-0.39, 0.29) is 17.6 Å². The third-order valence-corrected chi connectivity index (χ3v) is 3.79. The fourth-order valence-electron chi connectivity index (χ4n) is 2.47. The maximum Gasteiger partial charge on any atom is 0.335 e. The van der Waals surface area contributed by atoms with Crippen LogP contribution in [0.2, 0.25) is 0 Å². The minimum absolute atomic E-state index is 0.139. The SMILES string of the molecule is CCC(CC)NC(=O)N1CCc2ccc(C(=O)O)cc21. The highest BCUT2D eigenvalue weighted by Crippen LogP contribution is 2.29. The second-order valence-electron chi connectivity index (χ2n) is 5.01. The number of anilines is 1. The van der Waals surface area contributed by atoms with Crippen LogP contribution in [0, 0.1) is 0 Å². The van der Waals surface area contributed by atoms with E-state index in [0.29, 0.717) is 12.2 Å². The van der Waals surface area contributed by atoms with Crippen LogP contribution in [0.1, 0.15) is 42.6 Å². The Balaban J connectivity index is 2.20. The Kier molecular flexibility index (Phi) is 4.27. The molecule has 1 aromatic carbocycles. The number of fused-ring (bicyclic) bond motifs is 1. The zero-order valence-electron chi connectivity index (χ0n) is 11.8. The minimum atomic E-state index is -0.972. The number of carbonyl (C=O) groups excluding carboxylic acids is 1. The van der Waals surface area contributed by atoms with Crippen LogP contribution in [0.4, 0.5) is 10.5 Å². The highest BCUT2D eigenvalue weighted by atomic mass is 16.4. The summed E-state index contributed by atoms with van der Waals surface area (Å²) >= 11 is 0. The molecule has 2 amide bonds. The van der Waals surface area contributed by atoms with Gasteiger partial charge in [0.15, 0.2) is 0 Å². The standard InChI is InChI=1S/C15H20N2O3/c1-3-12(4-2)16-15(20)17-8-7-10-5-6-11(14(18)19)9-13(10)17/h5-6,9,12H,3-4,7-8H2,1-2H3,(H,16,20)(H,18,19). The fourth-order valence-corrected chi connectivity index (χ4v) is 2.47. The second-order valence-corrected chi connectivity index (χ2v) is 5.01. The zero-order valence-corrected chi connectivity index (χ0v) is 11.8. The predicted molar refractivity (Wildman–Crippen MR) is 77.4 cm³/mol. The average molecular weight is 276 g/mol. The number of aromatic carboxylic acids is 1. The Hall–Kier alpha value is -2.04. The summed E-state index contributed by atoms with van der Waals surface area (Å²) in [4.78, 5) is 25.0. The number of carboxylic acid groups (broad SMARTS) is 1. The number of amides is 2. The van der Waals surface area contributed by atoms with Crippen molar-refractivity contribution in [1.82, 2.24) is 5.32 Å². The van der Waals surface area contributed by atoms with Crippen LogP contribution in [-0.2, 0) is 6.42 Å². The molecule has 0 spiro atoms. The summed E-state index contributed by atoms with van der Waals surface area (Å²) in [5.74, 6) is -0.972. The number of carbonyl (C=O) groups is 2. The van der Waals surface area contributed by atoms with E-state index in [1.165, 1.54) is 0 Å². The van der Waals surface area contributed by atoms with Crippen LogP contribution < -0.4 is 10.2 Å². The Labute approximate surface area is 118 Å². The molecule has 1 heterocycles. The first-order chi connectivity index (χ1) is 9.56. The summed E-state index contributed by atoms with van der Waals surface area (Å²) in [5.41, 5.74) is 1.95. The molecule has 0 fully saturated rings. The first-order valence-electron chi connectivity index (χ1n) is 7.01. The number of nitrogens with one attached hydrogen (secondary N) is 1. The number of hydrogen-bond acceptors (Lipinski definition) is 2. The fraction of sp³-hybridized carbons (Fsp3) is 0.467. The topological polar surface area (TPSA) is 69.6 Å². The molecule has 0 bridgehead atoms. The minimum Gasteiger partial charge on any atom is -0.478 e. The Morgan fingerprint density at radius 1 is 1.35 bits per heavy atom. The first kappa shape index (κ1) is 14.4. The Morgan fingerprint density at radius 2 is 2.05 bits per heavy atom. The second kappa shape index (κ2) is 5.94. The van der Waals surface area contributed by atoms with E-state index in [1.807, 2.05) is 13.8 Å².